The number of halogens is 1. The molecule has 26 heavy (non-hydrogen) atoms. The van der Waals surface area contributed by atoms with Crippen molar-refractivity contribution in [3.63, 3.8) is 0 Å². The summed E-state index contributed by atoms with van der Waals surface area (Å²) >= 11 is 0. The van der Waals surface area contributed by atoms with Crippen LogP contribution in [-0.4, -0.2) is 16.9 Å². The zero-order valence-corrected chi connectivity index (χ0v) is 14.8. The van der Waals surface area contributed by atoms with Crippen molar-refractivity contribution in [3.05, 3.63) is 68.9 Å². The summed E-state index contributed by atoms with van der Waals surface area (Å²) < 4.78 is 14.1. The number of carbonyl (C=O) groups excluding carboxylic acids is 1. The Labute approximate surface area is 151 Å². The van der Waals surface area contributed by atoms with Gasteiger partial charge in [-0.2, -0.15) is 0 Å². The third-order valence-corrected chi connectivity index (χ3v) is 5.56. The molecule has 1 aromatic heterocycles. The van der Waals surface area contributed by atoms with Crippen LogP contribution in [0.2, 0.25) is 0 Å². The number of aryl methyl sites for hydroxylation is 1. The molecule has 0 bridgehead atoms. The van der Waals surface area contributed by atoms with Crippen molar-refractivity contribution in [1.82, 2.24) is 10.3 Å². The van der Waals surface area contributed by atoms with Gasteiger partial charge in [-0.15, -0.1) is 0 Å². The molecule has 1 aliphatic heterocycles. The van der Waals surface area contributed by atoms with Crippen molar-refractivity contribution < 1.29 is 9.18 Å². The summed E-state index contributed by atoms with van der Waals surface area (Å²) in [6.07, 6.45) is 4.09. The standard InChI is InChI=1S/C21H23FN2O2/c1-12-2-3-14(10-18(12)22)17(11-15-6-9-20(25)23-15)19-8-7-16(13-4-5-13)21(26)24-19/h2-3,7-8,10,13,15,17H,4-6,9,11H2,1H3,(H,23,25)(H,24,26)/t15-,17?/m1/s1. The van der Waals surface area contributed by atoms with Gasteiger partial charge >= 0.3 is 0 Å². The quantitative estimate of drug-likeness (QED) is 0.863. The van der Waals surface area contributed by atoms with Crippen LogP contribution >= 0.6 is 0 Å². The second-order valence-corrected chi connectivity index (χ2v) is 7.57. The van der Waals surface area contributed by atoms with E-state index in [1.54, 1.807) is 19.1 Å². The fourth-order valence-corrected chi connectivity index (χ4v) is 3.83. The van der Waals surface area contributed by atoms with E-state index < -0.39 is 0 Å². The van der Waals surface area contributed by atoms with Gasteiger partial charge in [0.1, 0.15) is 5.82 Å². The van der Waals surface area contributed by atoms with Crippen LogP contribution in [0.5, 0.6) is 0 Å². The van der Waals surface area contributed by atoms with E-state index in [-0.39, 0.29) is 29.2 Å². The minimum Gasteiger partial charge on any atom is -0.353 e. The average molecular weight is 354 g/mol. The molecule has 1 aromatic carbocycles. The number of pyridine rings is 1. The number of hydrogen-bond donors (Lipinski definition) is 2. The molecule has 136 valence electrons. The second-order valence-electron chi connectivity index (χ2n) is 7.57. The van der Waals surface area contributed by atoms with Gasteiger partial charge in [0, 0.05) is 29.6 Å². The first kappa shape index (κ1) is 17.0. The molecule has 2 heterocycles. The molecular weight excluding hydrogens is 331 g/mol. The average Bonchev–Trinajstić information content (AvgIpc) is 3.37. The predicted molar refractivity (Wildman–Crippen MR) is 97.8 cm³/mol. The number of hydrogen-bond acceptors (Lipinski definition) is 2. The summed E-state index contributed by atoms with van der Waals surface area (Å²) in [5.41, 5.74) is 3.00. The maximum atomic E-state index is 14.1. The van der Waals surface area contributed by atoms with Gasteiger partial charge in [0.05, 0.1) is 0 Å². The summed E-state index contributed by atoms with van der Waals surface area (Å²) in [7, 11) is 0. The highest BCUT2D eigenvalue weighted by atomic mass is 19.1. The van der Waals surface area contributed by atoms with E-state index in [0.717, 1.165) is 36.1 Å². The maximum absolute atomic E-state index is 14.1. The van der Waals surface area contributed by atoms with Gasteiger partial charge in [0.2, 0.25) is 5.91 Å². The molecule has 1 saturated heterocycles. The van der Waals surface area contributed by atoms with Crippen molar-refractivity contribution in [3.8, 4) is 0 Å². The third kappa shape index (κ3) is 3.43. The van der Waals surface area contributed by atoms with Gasteiger partial charge in [0.15, 0.2) is 0 Å². The second kappa shape index (κ2) is 6.71. The topological polar surface area (TPSA) is 62.0 Å². The van der Waals surface area contributed by atoms with Crippen molar-refractivity contribution in [2.24, 2.45) is 0 Å². The Morgan fingerprint density at radius 2 is 1.96 bits per heavy atom. The molecule has 1 aliphatic carbocycles. The number of carbonyl (C=O) groups is 1. The van der Waals surface area contributed by atoms with Crippen LogP contribution < -0.4 is 10.9 Å². The van der Waals surface area contributed by atoms with Crippen LogP contribution in [0.25, 0.3) is 0 Å². The lowest BCUT2D eigenvalue weighted by molar-refractivity contribution is -0.119. The Morgan fingerprint density at radius 1 is 1.15 bits per heavy atom. The number of H-pyrrole nitrogens is 1. The first-order valence-corrected chi connectivity index (χ1v) is 9.30. The zero-order valence-electron chi connectivity index (χ0n) is 14.8. The first-order valence-electron chi connectivity index (χ1n) is 9.30. The SMILES string of the molecule is Cc1ccc(C(C[C@H]2CCC(=O)N2)c2ccc(C3CC3)c(=O)[nH]2)cc1F. The van der Waals surface area contributed by atoms with Gasteiger partial charge < -0.3 is 10.3 Å². The largest absolute Gasteiger partial charge is 0.353 e. The number of aromatic amines is 1. The summed E-state index contributed by atoms with van der Waals surface area (Å²) in [5.74, 6) is 0.0351. The fraction of sp³-hybridized carbons (Fsp3) is 0.429. The highest BCUT2D eigenvalue weighted by Crippen LogP contribution is 2.38. The van der Waals surface area contributed by atoms with Crippen LogP contribution in [0.3, 0.4) is 0 Å². The van der Waals surface area contributed by atoms with Crippen molar-refractivity contribution >= 4 is 5.91 Å². The molecule has 1 amide bonds. The van der Waals surface area contributed by atoms with Crippen LogP contribution in [0.15, 0.2) is 35.1 Å². The van der Waals surface area contributed by atoms with Gasteiger partial charge in [-0.3, -0.25) is 9.59 Å². The monoisotopic (exact) mass is 354 g/mol. The van der Waals surface area contributed by atoms with Crippen LogP contribution in [0.1, 0.15) is 66.3 Å². The van der Waals surface area contributed by atoms with E-state index in [2.05, 4.69) is 10.3 Å². The number of amides is 1. The molecule has 2 N–H and O–H groups in total. The Morgan fingerprint density at radius 3 is 2.58 bits per heavy atom. The third-order valence-electron chi connectivity index (χ3n) is 5.56. The molecule has 5 heteroatoms. The Bertz CT molecular complexity index is 901. The molecule has 2 aliphatic rings. The lowest BCUT2D eigenvalue weighted by Gasteiger charge is -2.22. The Kier molecular flexibility index (Phi) is 4.39. The van der Waals surface area contributed by atoms with E-state index >= 15 is 0 Å². The lowest BCUT2D eigenvalue weighted by Crippen LogP contribution is -2.28. The lowest BCUT2D eigenvalue weighted by atomic mass is 9.87. The highest BCUT2D eigenvalue weighted by molar-refractivity contribution is 5.78. The van der Waals surface area contributed by atoms with E-state index in [9.17, 15) is 14.0 Å². The minimum absolute atomic E-state index is 0.0435. The Hall–Kier alpha value is -2.43. The van der Waals surface area contributed by atoms with E-state index in [4.69, 9.17) is 0 Å². The fourth-order valence-electron chi connectivity index (χ4n) is 3.83. The smallest absolute Gasteiger partial charge is 0.251 e. The summed E-state index contributed by atoms with van der Waals surface area (Å²) in [4.78, 5) is 27.1. The molecule has 0 radical (unpaired) electrons. The molecular formula is C21H23FN2O2. The summed E-state index contributed by atoms with van der Waals surface area (Å²) in [5, 5.41) is 2.98. The molecule has 0 spiro atoms. The number of nitrogens with one attached hydrogen (secondary N) is 2. The number of aromatic nitrogens is 1. The number of benzene rings is 1. The first-order chi connectivity index (χ1) is 12.5. The van der Waals surface area contributed by atoms with E-state index in [1.807, 2.05) is 18.2 Å². The van der Waals surface area contributed by atoms with Gasteiger partial charge in [0.25, 0.3) is 5.56 Å². The zero-order chi connectivity index (χ0) is 18.3. The van der Waals surface area contributed by atoms with Gasteiger partial charge in [-0.1, -0.05) is 18.2 Å². The van der Waals surface area contributed by atoms with Crippen molar-refractivity contribution in [2.75, 3.05) is 0 Å². The molecule has 4 nitrogen and oxygen atoms in total. The highest BCUT2D eigenvalue weighted by Gasteiger charge is 2.29. The molecule has 1 saturated carbocycles. The predicted octanol–water partition coefficient (Wildman–Crippen LogP) is 3.50. The molecule has 2 atom stereocenters. The molecule has 2 aromatic rings. The normalized spacial score (nSPS) is 20.8. The molecule has 2 fully saturated rings. The summed E-state index contributed by atoms with van der Waals surface area (Å²) in [6.45, 7) is 1.73. The van der Waals surface area contributed by atoms with Gasteiger partial charge in [-0.05, 0) is 61.8 Å². The summed E-state index contributed by atoms with van der Waals surface area (Å²) in [6, 6.07) is 9.13. The van der Waals surface area contributed by atoms with Crippen LogP contribution in [-0.2, 0) is 4.79 Å². The van der Waals surface area contributed by atoms with E-state index in [0.29, 0.717) is 24.3 Å². The van der Waals surface area contributed by atoms with Crippen molar-refractivity contribution in [1.29, 1.82) is 0 Å². The van der Waals surface area contributed by atoms with Crippen molar-refractivity contribution in [2.45, 2.75) is 56.9 Å². The van der Waals surface area contributed by atoms with Gasteiger partial charge in [-0.25, -0.2) is 4.39 Å². The van der Waals surface area contributed by atoms with E-state index in [1.165, 1.54) is 0 Å². The Balaban J connectivity index is 1.69. The molecule has 4 rings (SSSR count). The maximum Gasteiger partial charge on any atom is 0.251 e. The minimum atomic E-state index is -0.250. The molecule has 1 unspecified atom stereocenters. The van der Waals surface area contributed by atoms with Crippen LogP contribution in [0, 0.1) is 12.7 Å². The van der Waals surface area contributed by atoms with Crippen LogP contribution in [0.4, 0.5) is 4.39 Å². The number of rotatable bonds is 5.